The molecular formula is C27H28N4O3. The van der Waals surface area contributed by atoms with E-state index in [1.165, 1.54) is 7.11 Å². The number of nitrogens with two attached hydrogens (primary N) is 1. The number of hydrogen-bond donors (Lipinski definition) is 1. The molecule has 2 heterocycles. The Kier molecular flexibility index (Phi) is 5.48. The first-order valence-corrected chi connectivity index (χ1v) is 11.5. The van der Waals surface area contributed by atoms with E-state index in [0.29, 0.717) is 24.2 Å². The number of nitrogen functional groups attached to an aromatic ring is 1. The lowest BCUT2D eigenvalue weighted by molar-refractivity contribution is -0.136. The molecule has 1 aliphatic heterocycles. The summed E-state index contributed by atoms with van der Waals surface area (Å²) in [6, 6.07) is 15.3. The van der Waals surface area contributed by atoms with Crippen LogP contribution in [0.25, 0.3) is 5.69 Å². The van der Waals surface area contributed by atoms with E-state index in [1.54, 1.807) is 16.8 Å². The van der Waals surface area contributed by atoms with Gasteiger partial charge in [0, 0.05) is 29.6 Å². The number of fused-ring (bicyclic) bond motifs is 1. The first kappa shape index (κ1) is 21.9. The molecule has 5 rings (SSSR count). The van der Waals surface area contributed by atoms with Crippen LogP contribution in [0.5, 0.6) is 0 Å². The largest absolute Gasteiger partial charge is 0.466 e. The molecule has 1 unspecified atom stereocenters. The maximum atomic E-state index is 13.7. The van der Waals surface area contributed by atoms with E-state index < -0.39 is 0 Å². The second-order valence-electron chi connectivity index (χ2n) is 9.21. The van der Waals surface area contributed by atoms with Gasteiger partial charge in [-0.2, -0.15) is 5.10 Å². The predicted molar refractivity (Wildman–Crippen MR) is 131 cm³/mol. The van der Waals surface area contributed by atoms with E-state index in [2.05, 4.69) is 17.2 Å². The second kappa shape index (κ2) is 8.48. The molecule has 0 fully saturated rings. The van der Waals surface area contributed by atoms with E-state index >= 15 is 0 Å². The number of methoxy groups -OCH3 is 1. The topological polar surface area (TPSA) is 90.5 Å². The fourth-order valence-corrected chi connectivity index (χ4v) is 5.18. The SMILES string of the molecule is COC(=O)C1=CC2(CC1)CCN(C(=O)c1ccc(-n3ccc(C)n3)c(N)c1)c1ccccc1C2. The van der Waals surface area contributed by atoms with Gasteiger partial charge in [-0.3, -0.25) is 4.79 Å². The normalized spacial score (nSPS) is 19.5. The first-order valence-electron chi connectivity index (χ1n) is 11.5. The Morgan fingerprint density at radius 1 is 1.09 bits per heavy atom. The number of carbonyl (C=O) groups excluding carboxylic acids is 2. The molecule has 0 bridgehead atoms. The van der Waals surface area contributed by atoms with Crippen LogP contribution in [0.3, 0.4) is 0 Å². The second-order valence-corrected chi connectivity index (χ2v) is 9.21. The summed E-state index contributed by atoms with van der Waals surface area (Å²) in [5, 5.41) is 4.42. The van der Waals surface area contributed by atoms with Gasteiger partial charge < -0.3 is 15.4 Å². The van der Waals surface area contributed by atoms with Crippen LogP contribution in [0, 0.1) is 12.3 Å². The van der Waals surface area contributed by atoms with Crippen LogP contribution in [0.1, 0.15) is 40.9 Å². The lowest BCUT2D eigenvalue weighted by Crippen LogP contribution is -2.33. The molecule has 7 heteroatoms. The maximum absolute atomic E-state index is 13.7. The van der Waals surface area contributed by atoms with Crippen LogP contribution in [0.4, 0.5) is 11.4 Å². The molecule has 2 aliphatic rings. The highest BCUT2D eigenvalue weighted by molar-refractivity contribution is 6.07. The molecule has 0 saturated carbocycles. The predicted octanol–water partition coefficient (Wildman–Crippen LogP) is 4.24. The molecule has 1 aromatic heterocycles. The van der Waals surface area contributed by atoms with E-state index in [1.807, 2.05) is 48.4 Å². The number of ether oxygens (including phenoxy) is 1. The smallest absolute Gasteiger partial charge is 0.333 e. The number of benzene rings is 2. The van der Waals surface area contributed by atoms with Crippen molar-refractivity contribution in [2.24, 2.45) is 5.41 Å². The molecule has 1 atom stereocenters. The van der Waals surface area contributed by atoms with Crippen molar-refractivity contribution in [1.29, 1.82) is 0 Å². The standard InChI is InChI=1S/C27H28N4O3/c1-18-10-13-31(29-18)24-8-7-19(15-22(24)28)25(32)30-14-12-27(11-9-21(17-27)26(33)34-2)16-20-5-3-4-6-23(20)30/h3-8,10,13,15,17H,9,11-12,14,16,28H2,1-2H3. The number of aromatic nitrogens is 2. The number of anilines is 2. The van der Waals surface area contributed by atoms with Crippen molar-refractivity contribution in [1.82, 2.24) is 9.78 Å². The number of aryl methyl sites for hydroxylation is 1. The molecule has 7 nitrogen and oxygen atoms in total. The van der Waals surface area contributed by atoms with Crippen molar-refractivity contribution in [3.05, 3.63) is 83.2 Å². The number of hydrogen-bond acceptors (Lipinski definition) is 5. The Hall–Kier alpha value is -3.87. The van der Waals surface area contributed by atoms with Gasteiger partial charge in [0.1, 0.15) is 0 Å². The van der Waals surface area contributed by atoms with Crippen molar-refractivity contribution in [2.45, 2.75) is 32.6 Å². The van der Waals surface area contributed by atoms with Crippen LogP contribution in [-0.4, -0.2) is 35.3 Å². The summed E-state index contributed by atoms with van der Waals surface area (Å²) in [7, 11) is 1.42. The highest BCUT2D eigenvalue weighted by Gasteiger charge is 2.39. The van der Waals surface area contributed by atoms with E-state index in [-0.39, 0.29) is 17.3 Å². The molecular weight excluding hydrogens is 428 g/mol. The summed E-state index contributed by atoms with van der Waals surface area (Å²) in [6.07, 6.45) is 7.07. The minimum absolute atomic E-state index is 0.0884. The third-order valence-corrected chi connectivity index (χ3v) is 6.97. The summed E-state index contributed by atoms with van der Waals surface area (Å²) in [6.45, 7) is 2.47. The number of rotatable bonds is 3. The fourth-order valence-electron chi connectivity index (χ4n) is 5.18. The van der Waals surface area contributed by atoms with Crippen molar-refractivity contribution < 1.29 is 14.3 Å². The number of carbonyl (C=O) groups is 2. The van der Waals surface area contributed by atoms with Crippen LogP contribution < -0.4 is 10.6 Å². The Bertz CT molecular complexity index is 1310. The number of nitrogens with zero attached hydrogens (tertiary/aromatic N) is 3. The maximum Gasteiger partial charge on any atom is 0.333 e. The summed E-state index contributed by atoms with van der Waals surface area (Å²) in [4.78, 5) is 27.7. The zero-order chi connectivity index (χ0) is 23.9. The first-order chi connectivity index (χ1) is 16.4. The molecule has 1 aliphatic carbocycles. The van der Waals surface area contributed by atoms with Gasteiger partial charge >= 0.3 is 5.97 Å². The average Bonchev–Trinajstić information content (AvgIpc) is 3.41. The third-order valence-electron chi connectivity index (χ3n) is 6.97. The zero-order valence-electron chi connectivity index (χ0n) is 19.5. The molecule has 2 aromatic carbocycles. The number of allylic oxidation sites excluding steroid dienone is 1. The van der Waals surface area contributed by atoms with Crippen LogP contribution >= 0.6 is 0 Å². The quantitative estimate of drug-likeness (QED) is 0.470. The lowest BCUT2D eigenvalue weighted by Gasteiger charge is -2.26. The lowest BCUT2D eigenvalue weighted by atomic mass is 9.79. The molecule has 2 N–H and O–H groups in total. The highest BCUT2D eigenvalue weighted by atomic mass is 16.5. The minimum atomic E-state index is -0.259. The van der Waals surface area contributed by atoms with Crippen molar-refractivity contribution in [3.8, 4) is 5.69 Å². The molecule has 1 spiro atoms. The fraction of sp³-hybridized carbons (Fsp3) is 0.296. The summed E-state index contributed by atoms with van der Waals surface area (Å²) in [5.74, 6) is -0.347. The molecule has 174 valence electrons. The van der Waals surface area contributed by atoms with Gasteiger partial charge in [-0.25, -0.2) is 9.48 Å². The molecule has 0 radical (unpaired) electrons. The van der Waals surface area contributed by atoms with Crippen LogP contribution in [0.2, 0.25) is 0 Å². The number of para-hydroxylation sites is 1. The number of esters is 1. The summed E-state index contributed by atoms with van der Waals surface area (Å²) >= 11 is 0. The van der Waals surface area contributed by atoms with Gasteiger partial charge in [-0.15, -0.1) is 0 Å². The third kappa shape index (κ3) is 3.87. The minimum Gasteiger partial charge on any atom is -0.466 e. The molecule has 1 amide bonds. The van der Waals surface area contributed by atoms with Crippen molar-refractivity contribution in [3.63, 3.8) is 0 Å². The van der Waals surface area contributed by atoms with E-state index in [9.17, 15) is 9.59 Å². The monoisotopic (exact) mass is 456 g/mol. The van der Waals surface area contributed by atoms with Gasteiger partial charge in [0.05, 0.1) is 24.2 Å². The van der Waals surface area contributed by atoms with Gasteiger partial charge in [0.15, 0.2) is 0 Å². The highest BCUT2D eigenvalue weighted by Crippen LogP contribution is 2.46. The summed E-state index contributed by atoms with van der Waals surface area (Å²) < 4.78 is 6.67. The number of amides is 1. The zero-order valence-corrected chi connectivity index (χ0v) is 19.5. The van der Waals surface area contributed by atoms with Gasteiger partial charge in [0.25, 0.3) is 5.91 Å². The Labute approximate surface area is 198 Å². The van der Waals surface area contributed by atoms with E-state index in [4.69, 9.17) is 10.5 Å². The van der Waals surface area contributed by atoms with Gasteiger partial charge in [-0.1, -0.05) is 24.3 Å². The molecule has 34 heavy (non-hydrogen) atoms. The average molecular weight is 457 g/mol. The Morgan fingerprint density at radius 2 is 1.91 bits per heavy atom. The van der Waals surface area contributed by atoms with Crippen molar-refractivity contribution in [2.75, 3.05) is 24.3 Å². The van der Waals surface area contributed by atoms with Gasteiger partial charge in [-0.05, 0) is 73.9 Å². The van der Waals surface area contributed by atoms with Crippen molar-refractivity contribution >= 4 is 23.3 Å². The molecule has 0 saturated heterocycles. The van der Waals surface area contributed by atoms with Crippen LogP contribution in [0.15, 0.2) is 66.4 Å². The Balaban J connectivity index is 1.46. The summed E-state index contributed by atoms with van der Waals surface area (Å²) in [5.41, 5.74) is 11.6. The van der Waals surface area contributed by atoms with Crippen LogP contribution in [-0.2, 0) is 16.0 Å². The van der Waals surface area contributed by atoms with Gasteiger partial charge in [0.2, 0.25) is 0 Å². The Morgan fingerprint density at radius 3 is 2.65 bits per heavy atom. The molecule has 3 aromatic rings. The van der Waals surface area contributed by atoms with E-state index in [0.717, 1.165) is 47.5 Å².